The first-order valence-corrected chi connectivity index (χ1v) is 7.90. The first kappa shape index (κ1) is 15.4. The molecule has 0 saturated carbocycles. The van der Waals surface area contributed by atoms with Gasteiger partial charge in [-0.3, -0.25) is 5.01 Å². The van der Waals surface area contributed by atoms with Crippen LogP contribution in [0.3, 0.4) is 0 Å². The van der Waals surface area contributed by atoms with E-state index in [1.165, 1.54) is 35.3 Å². The van der Waals surface area contributed by atoms with Gasteiger partial charge in [-0.1, -0.05) is 36.4 Å². The number of hydrazine groups is 1. The van der Waals surface area contributed by atoms with Crippen molar-refractivity contribution < 1.29 is 0 Å². The van der Waals surface area contributed by atoms with Gasteiger partial charge in [0, 0.05) is 18.5 Å². The molecule has 2 aliphatic rings. The smallest absolute Gasteiger partial charge is 0.0615 e. The Labute approximate surface area is 139 Å². The highest BCUT2D eigenvalue weighted by atomic mass is 35.5. The van der Waals surface area contributed by atoms with E-state index in [4.69, 9.17) is 0 Å². The van der Waals surface area contributed by atoms with Crippen LogP contribution in [0.1, 0.15) is 37.8 Å². The zero-order chi connectivity index (χ0) is 14.4. The average molecular weight is 315 g/mol. The predicted octanol–water partition coefficient (Wildman–Crippen LogP) is 4.94. The molecule has 0 bridgehead atoms. The molecule has 0 unspecified atom stereocenters. The molecule has 0 radical (unpaired) electrons. The molecule has 0 N–H and O–H groups in total. The standard InChI is InChI=1S/C19H22N2.ClH/c1-19(2)12-7-13-20(19)21-17-10-5-3-8-15(17)14-16-9-4-6-11-18(16)21;/h3-6,8-11H,7,12-14H2,1-2H3;1H. The van der Waals surface area contributed by atoms with Crippen molar-refractivity contribution in [3.8, 4) is 0 Å². The van der Waals surface area contributed by atoms with E-state index < -0.39 is 0 Å². The maximum atomic E-state index is 2.56. The van der Waals surface area contributed by atoms with E-state index in [0.29, 0.717) is 0 Å². The van der Waals surface area contributed by atoms with Gasteiger partial charge in [-0.15, -0.1) is 12.4 Å². The summed E-state index contributed by atoms with van der Waals surface area (Å²) in [5.74, 6) is 0. The van der Waals surface area contributed by atoms with E-state index in [-0.39, 0.29) is 17.9 Å². The molecule has 3 heteroatoms. The maximum Gasteiger partial charge on any atom is 0.0615 e. The molecule has 0 spiro atoms. The molecule has 2 aromatic carbocycles. The van der Waals surface area contributed by atoms with Crippen molar-refractivity contribution in [1.29, 1.82) is 0 Å². The number of benzene rings is 2. The van der Waals surface area contributed by atoms with Gasteiger partial charge in [0.2, 0.25) is 0 Å². The number of anilines is 2. The largest absolute Gasteiger partial charge is 0.273 e. The van der Waals surface area contributed by atoms with Gasteiger partial charge < -0.3 is 0 Å². The van der Waals surface area contributed by atoms with Crippen molar-refractivity contribution in [2.24, 2.45) is 0 Å². The SMILES string of the molecule is CC1(C)CCCN1N1c2ccccc2Cc2ccccc21.Cl. The molecule has 2 heterocycles. The topological polar surface area (TPSA) is 6.48 Å². The molecule has 1 fully saturated rings. The van der Waals surface area contributed by atoms with Crippen LogP contribution in [0.5, 0.6) is 0 Å². The van der Waals surface area contributed by atoms with Crippen LogP contribution in [0.4, 0.5) is 11.4 Å². The Morgan fingerprint density at radius 1 is 0.864 bits per heavy atom. The van der Waals surface area contributed by atoms with Crippen LogP contribution in [0.25, 0.3) is 0 Å². The average Bonchev–Trinajstić information content (AvgIpc) is 2.84. The molecule has 0 atom stereocenters. The second kappa shape index (κ2) is 5.60. The molecule has 2 aliphatic heterocycles. The minimum absolute atomic E-state index is 0. The van der Waals surface area contributed by atoms with Crippen LogP contribution in [-0.2, 0) is 6.42 Å². The van der Waals surface area contributed by atoms with Crippen molar-refractivity contribution in [3.63, 3.8) is 0 Å². The lowest BCUT2D eigenvalue weighted by Gasteiger charge is -2.45. The minimum Gasteiger partial charge on any atom is -0.273 e. The fraction of sp³-hybridized carbons (Fsp3) is 0.368. The van der Waals surface area contributed by atoms with Crippen molar-refractivity contribution in [1.82, 2.24) is 5.01 Å². The Kier molecular flexibility index (Phi) is 3.92. The summed E-state index contributed by atoms with van der Waals surface area (Å²) in [5.41, 5.74) is 5.78. The molecule has 4 rings (SSSR count). The van der Waals surface area contributed by atoms with E-state index in [1.807, 2.05) is 0 Å². The van der Waals surface area contributed by atoms with Crippen molar-refractivity contribution in [3.05, 3.63) is 59.7 Å². The summed E-state index contributed by atoms with van der Waals surface area (Å²) < 4.78 is 0. The summed E-state index contributed by atoms with van der Waals surface area (Å²) in [7, 11) is 0. The van der Waals surface area contributed by atoms with Crippen LogP contribution in [0, 0.1) is 0 Å². The van der Waals surface area contributed by atoms with Gasteiger partial charge >= 0.3 is 0 Å². The lowest BCUT2D eigenvalue weighted by molar-refractivity contribution is 0.175. The summed E-state index contributed by atoms with van der Waals surface area (Å²) in [4.78, 5) is 0. The predicted molar refractivity (Wildman–Crippen MR) is 95.1 cm³/mol. The van der Waals surface area contributed by atoms with Crippen LogP contribution in [-0.4, -0.2) is 17.1 Å². The highest BCUT2D eigenvalue weighted by Gasteiger charge is 2.39. The van der Waals surface area contributed by atoms with Crippen LogP contribution < -0.4 is 5.01 Å². The fourth-order valence-corrected chi connectivity index (χ4v) is 3.79. The Hall–Kier alpha value is -1.51. The Morgan fingerprint density at radius 3 is 1.91 bits per heavy atom. The number of hydrogen-bond acceptors (Lipinski definition) is 2. The highest BCUT2D eigenvalue weighted by molar-refractivity contribution is 5.85. The molecule has 2 aromatic rings. The van der Waals surface area contributed by atoms with Gasteiger partial charge in [-0.05, 0) is 49.9 Å². The molecule has 0 aliphatic carbocycles. The maximum absolute atomic E-state index is 2.56. The summed E-state index contributed by atoms with van der Waals surface area (Å²) in [6.45, 7) is 5.86. The quantitative estimate of drug-likeness (QED) is 0.735. The molecule has 1 saturated heterocycles. The van der Waals surface area contributed by atoms with Gasteiger partial charge in [-0.2, -0.15) is 0 Å². The van der Waals surface area contributed by atoms with Gasteiger partial charge in [0.1, 0.15) is 0 Å². The zero-order valence-electron chi connectivity index (χ0n) is 13.2. The lowest BCUT2D eigenvalue weighted by Crippen LogP contribution is -2.49. The molecule has 116 valence electrons. The van der Waals surface area contributed by atoms with Crippen molar-refractivity contribution in [2.45, 2.75) is 38.6 Å². The first-order valence-electron chi connectivity index (χ1n) is 7.90. The number of halogens is 1. The molecule has 22 heavy (non-hydrogen) atoms. The van der Waals surface area contributed by atoms with Crippen LogP contribution >= 0.6 is 12.4 Å². The monoisotopic (exact) mass is 314 g/mol. The van der Waals surface area contributed by atoms with E-state index in [0.717, 1.165) is 13.0 Å². The molecule has 0 aromatic heterocycles. The van der Waals surface area contributed by atoms with E-state index in [9.17, 15) is 0 Å². The molecular formula is C19H23ClN2. The zero-order valence-corrected chi connectivity index (χ0v) is 14.1. The Bertz CT molecular complexity index is 635. The van der Waals surface area contributed by atoms with Gasteiger partial charge in [0.05, 0.1) is 11.4 Å². The number of hydrogen-bond donors (Lipinski definition) is 0. The summed E-state index contributed by atoms with van der Waals surface area (Å²) in [6, 6.07) is 17.7. The van der Waals surface area contributed by atoms with E-state index in [2.05, 4.69) is 72.4 Å². The summed E-state index contributed by atoms with van der Waals surface area (Å²) >= 11 is 0. The lowest BCUT2D eigenvalue weighted by atomic mass is 9.96. The van der Waals surface area contributed by atoms with Gasteiger partial charge in [0.15, 0.2) is 0 Å². The van der Waals surface area contributed by atoms with E-state index >= 15 is 0 Å². The third-order valence-corrected chi connectivity index (χ3v) is 4.92. The summed E-state index contributed by atoms with van der Waals surface area (Å²) in [6.07, 6.45) is 3.57. The fourth-order valence-electron chi connectivity index (χ4n) is 3.79. The molecule has 2 nitrogen and oxygen atoms in total. The van der Waals surface area contributed by atoms with Gasteiger partial charge in [0.25, 0.3) is 0 Å². The van der Waals surface area contributed by atoms with Gasteiger partial charge in [-0.25, -0.2) is 5.01 Å². The minimum atomic E-state index is 0. The Morgan fingerprint density at radius 2 is 1.41 bits per heavy atom. The number of para-hydroxylation sites is 2. The summed E-state index contributed by atoms with van der Waals surface area (Å²) in [5, 5.41) is 5.03. The second-order valence-electron chi connectivity index (χ2n) is 6.79. The Balaban J connectivity index is 0.00000144. The van der Waals surface area contributed by atoms with Crippen LogP contribution in [0.2, 0.25) is 0 Å². The second-order valence-corrected chi connectivity index (χ2v) is 6.79. The third kappa shape index (κ3) is 2.31. The van der Waals surface area contributed by atoms with E-state index in [1.54, 1.807) is 0 Å². The van der Waals surface area contributed by atoms with Crippen molar-refractivity contribution in [2.75, 3.05) is 11.6 Å². The normalized spacial score (nSPS) is 19.3. The molecule has 0 amide bonds. The number of fused-ring (bicyclic) bond motifs is 2. The highest BCUT2D eigenvalue weighted by Crippen LogP contribution is 2.43. The third-order valence-electron chi connectivity index (χ3n) is 4.92. The van der Waals surface area contributed by atoms with Crippen molar-refractivity contribution >= 4 is 23.8 Å². The van der Waals surface area contributed by atoms with Crippen LogP contribution in [0.15, 0.2) is 48.5 Å². The number of rotatable bonds is 1. The molecular weight excluding hydrogens is 292 g/mol. The number of nitrogens with zero attached hydrogens (tertiary/aromatic N) is 2. The first-order chi connectivity index (χ1) is 10.2.